The Bertz CT molecular complexity index is 482. The lowest BCUT2D eigenvalue weighted by molar-refractivity contribution is -0.157. The molecule has 0 fully saturated rings. The van der Waals surface area contributed by atoms with Crippen molar-refractivity contribution in [3.05, 3.63) is 10.4 Å². The lowest BCUT2D eigenvalue weighted by Gasteiger charge is -2.22. The second-order valence-corrected chi connectivity index (χ2v) is 5.92. The van der Waals surface area contributed by atoms with Gasteiger partial charge in [-0.2, -0.15) is 0 Å². The van der Waals surface area contributed by atoms with Gasteiger partial charge in [0.25, 0.3) is 0 Å². The van der Waals surface area contributed by atoms with Gasteiger partial charge >= 0.3 is 11.9 Å². The van der Waals surface area contributed by atoms with E-state index in [1.807, 2.05) is 0 Å². The zero-order valence-corrected chi connectivity index (χ0v) is 13.5. The van der Waals surface area contributed by atoms with E-state index in [0.717, 1.165) is 0 Å². The van der Waals surface area contributed by atoms with Gasteiger partial charge in [-0.3, -0.25) is 14.4 Å². The standard InChI is InChI=1S/C13H23N5O5/c1-13(2,3)23-10(19)6-8(4-5-17-18-15)11(20)16-7-9(14)12(21)22/h8-9H,4-7,14H2,1-3H3,(H,16,20)(H,21,22)/t8?,9-/m0/s1. The smallest absolute Gasteiger partial charge is 0.322 e. The van der Waals surface area contributed by atoms with E-state index in [0.29, 0.717) is 0 Å². The summed E-state index contributed by atoms with van der Waals surface area (Å²) in [5.74, 6) is -3.15. The largest absolute Gasteiger partial charge is 0.480 e. The van der Waals surface area contributed by atoms with E-state index in [4.69, 9.17) is 21.1 Å². The highest BCUT2D eigenvalue weighted by Gasteiger charge is 2.25. The quantitative estimate of drug-likeness (QED) is 0.242. The molecule has 2 atom stereocenters. The number of ether oxygens (including phenoxy) is 1. The van der Waals surface area contributed by atoms with Gasteiger partial charge in [-0.05, 0) is 32.7 Å². The van der Waals surface area contributed by atoms with Crippen molar-refractivity contribution < 1.29 is 24.2 Å². The van der Waals surface area contributed by atoms with Crippen LogP contribution in [0.5, 0.6) is 0 Å². The number of hydrogen-bond acceptors (Lipinski definition) is 6. The number of nitrogens with zero attached hydrogens (tertiary/aromatic N) is 3. The number of esters is 1. The van der Waals surface area contributed by atoms with E-state index in [9.17, 15) is 14.4 Å². The van der Waals surface area contributed by atoms with Gasteiger partial charge in [0, 0.05) is 23.9 Å². The van der Waals surface area contributed by atoms with Crippen molar-refractivity contribution in [1.29, 1.82) is 0 Å². The number of carbonyl (C=O) groups excluding carboxylic acids is 2. The Hall–Kier alpha value is -2.32. The van der Waals surface area contributed by atoms with Gasteiger partial charge in [0.2, 0.25) is 5.91 Å². The zero-order valence-electron chi connectivity index (χ0n) is 13.5. The fraction of sp³-hybridized carbons (Fsp3) is 0.769. The van der Waals surface area contributed by atoms with Crippen molar-refractivity contribution in [2.45, 2.75) is 45.3 Å². The predicted octanol–water partition coefficient (Wildman–Crippen LogP) is 0.563. The number of azide groups is 1. The normalized spacial score (nSPS) is 13.4. The number of nitrogens with one attached hydrogen (secondary N) is 1. The molecule has 130 valence electrons. The molecule has 0 bridgehead atoms. The summed E-state index contributed by atoms with van der Waals surface area (Å²) < 4.78 is 5.15. The van der Waals surface area contributed by atoms with E-state index in [2.05, 4.69) is 15.3 Å². The lowest BCUT2D eigenvalue weighted by atomic mass is 10.00. The Balaban J connectivity index is 4.71. The summed E-state index contributed by atoms with van der Waals surface area (Å²) in [6, 6.07) is -1.24. The molecule has 0 saturated heterocycles. The summed E-state index contributed by atoms with van der Waals surface area (Å²) in [5, 5.41) is 14.4. The van der Waals surface area contributed by atoms with E-state index < -0.39 is 35.4 Å². The van der Waals surface area contributed by atoms with Crippen LogP contribution in [0.3, 0.4) is 0 Å². The third-order valence-electron chi connectivity index (χ3n) is 2.66. The zero-order chi connectivity index (χ0) is 18.0. The van der Waals surface area contributed by atoms with Crippen LogP contribution in [0.2, 0.25) is 0 Å². The average Bonchev–Trinajstić information content (AvgIpc) is 2.41. The number of aliphatic carboxylic acids is 1. The summed E-state index contributed by atoms with van der Waals surface area (Å²) >= 11 is 0. The molecule has 0 spiro atoms. The summed E-state index contributed by atoms with van der Waals surface area (Å²) in [5.41, 5.74) is 12.9. The van der Waals surface area contributed by atoms with Crippen molar-refractivity contribution in [3.63, 3.8) is 0 Å². The second kappa shape index (κ2) is 9.65. The molecule has 10 nitrogen and oxygen atoms in total. The summed E-state index contributed by atoms with van der Waals surface area (Å²) in [6.45, 7) is 4.87. The van der Waals surface area contributed by atoms with Gasteiger partial charge in [-0.1, -0.05) is 5.11 Å². The van der Waals surface area contributed by atoms with Crippen molar-refractivity contribution in [2.75, 3.05) is 13.1 Å². The Labute approximate surface area is 134 Å². The molecule has 0 saturated carbocycles. The molecule has 0 aromatic rings. The maximum Gasteiger partial charge on any atom is 0.322 e. The van der Waals surface area contributed by atoms with Gasteiger partial charge in [0.1, 0.15) is 11.6 Å². The van der Waals surface area contributed by atoms with Crippen LogP contribution in [-0.4, -0.2) is 47.7 Å². The van der Waals surface area contributed by atoms with E-state index in [-0.39, 0.29) is 25.9 Å². The number of carboxylic acids is 1. The molecule has 0 aromatic heterocycles. The first-order valence-electron chi connectivity index (χ1n) is 7.05. The Morgan fingerprint density at radius 3 is 2.48 bits per heavy atom. The van der Waals surface area contributed by atoms with Crippen LogP contribution in [0.25, 0.3) is 10.4 Å². The van der Waals surface area contributed by atoms with Crippen LogP contribution in [0, 0.1) is 5.92 Å². The third kappa shape index (κ3) is 10.1. The summed E-state index contributed by atoms with van der Waals surface area (Å²) in [4.78, 5) is 37.1. The van der Waals surface area contributed by atoms with Crippen molar-refractivity contribution in [1.82, 2.24) is 5.32 Å². The van der Waals surface area contributed by atoms with Gasteiger partial charge in [-0.15, -0.1) is 0 Å². The maximum atomic E-state index is 12.1. The first-order chi connectivity index (χ1) is 10.6. The van der Waals surface area contributed by atoms with Crippen molar-refractivity contribution >= 4 is 17.8 Å². The van der Waals surface area contributed by atoms with Crippen molar-refractivity contribution in [3.8, 4) is 0 Å². The summed E-state index contributed by atoms with van der Waals surface area (Å²) in [7, 11) is 0. The highest BCUT2D eigenvalue weighted by atomic mass is 16.6. The molecule has 0 aliphatic rings. The molecule has 10 heteroatoms. The van der Waals surface area contributed by atoms with Crippen molar-refractivity contribution in [2.24, 2.45) is 16.8 Å². The molecule has 0 aromatic carbocycles. The van der Waals surface area contributed by atoms with Crippen LogP contribution < -0.4 is 11.1 Å². The first kappa shape index (κ1) is 20.7. The molecule has 0 heterocycles. The SMILES string of the molecule is CC(C)(C)OC(=O)CC(CCN=[N+]=[N-])C(=O)NC[C@H](N)C(=O)O. The Kier molecular flexibility index (Phi) is 8.67. The molecule has 4 N–H and O–H groups in total. The number of nitrogens with two attached hydrogens (primary N) is 1. The highest BCUT2D eigenvalue weighted by molar-refractivity contribution is 5.84. The molecular formula is C13H23N5O5. The molecule has 0 aliphatic carbocycles. The molecular weight excluding hydrogens is 306 g/mol. The van der Waals surface area contributed by atoms with E-state index in [1.165, 1.54) is 0 Å². The molecule has 0 aliphatic heterocycles. The minimum atomic E-state index is -1.25. The van der Waals surface area contributed by atoms with Crippen LogP contribution in [-0.2, 0) is 19.1 Å². The highest BCUT2D eigenvalue weighted by Crippen LogP contribution is 2.15. The topological polar surface area (TPSA) is 167 Å². The van der Waals surface area contributed by atoms with Crippen LogP contribution in [0.1, 0.15) is 33.6 Å². The Morgan fingerprint density at radius 1 is 1.39 bits per heavy atom. The molecule has 1 amide bonds. The number of carbonyl (C=O) groups is 3. The van der Waals surface area contributed by atoms with Gasteiger partial charge in [0.05, 0.1) is 6.42 Å². The van der Waals surface area contributed by atoms with E-state index >= 15 is 0 Å². The summed E-state index contributed by atoms with van der Waals surface area (Å²) in [6.07, 6.45) is -0.0657. The Morgan fingerprint density at radius 2 is 2.00 bits per heavy atom. The minimum Gasteiger partial charge on any atom is -0.480 e. The fourth-order valence-corrected chi connectivity index (χ4v) is 1.61. The van der Waals surface area contributed by atoms with Crippen LogP contribution >= 0.6 is 0 Å². The first-order valence-corrected chi connectivity index (χ1v) is 7.05. The third-order valence-corrected chi connectivity index (χ3v) is 2.66. The number of rotatable bonds is 9. The van der Waals surface area contributed by atoms with Crippen LogP contribution in [0.15, 0.2) is 5.11 Å². The van der Waals surface area contributed by atoms with Gasteiger partial charge in [0.15, 0.2) is 0 Å². The molecule has 23 heavy (non-hydrogen) atoms. The predicted molar refractivity (Wildman–Crippen MR) is 81.2 cm³/mol. The lowest BCUT2D eigenvalue weighted by Crippen LogP contribution is -2.44. The van der Waals surface area contributed by atoms with E-state index in [1.54, 1.807) is 20.8 Å². The molecule has 0 rings (SSSR count). The molecule has 0 radical (unpaired) electrons. The average molecular weight is 329 g/mol. The fourth-order valence-electron chi connectivity index (χ4n) is 1.61. The maximum absolute atomic E-state index is 12.1. The van der Waals surface area contributed by atoms with Crippen LogP contribution in [0.4, 0.5) is 0 Å². The van der Waals surface area contributed by atoms with Gasteiger partial charge in [-0.25, -0.2) is 0 Å². The monoisotopic (exact) mass is 329 g/mol. The molecule has 1 unspecified atom stereocenters. The minimum absolute atomic E-state index is 0.0301. The number of carboxylic acid groups (broad SMARTS) is 1. The number of amides is 1. The number of hydrogen-bond donors (Lipinski definition) is 3. The second-order valence-electron chi connectivity index (χ2n) is 5.92. The van der Waals surface area contributed by atoms with Gasteiger partial charge < -0.3 is 20.9 Å².